The van der Waals surface area contributed by atoms with Gasteiger partial charge >= 0.3 is 0 Å². The third-order valence-corrected chi connectivity index (χ3v) is 4.49. The van der Waals surface area contributed by atoms with Crippen LogP contribution in [0.2, 0.25) is 5.02 Å². The highest BCUT2D eigenvalue weighted by Crippen LogP contribution is 2.33. The van der Waals surface area contributed by atoms with Crippen LogP contribution in [0.15, 0.2) is 77.2 Å². The summed E-state index contributed by atoms with van der Waals surface area (Å²) in [4.78, 5) is 0. The molecule has 0 aliphatic heterocycles. The van der Waals surface area contributed by atoms with Gasteiger partial charge in [-0.2, -0.15) is 0 Å². The van der Waals surface area contributed by atoms with E-state index in [1.54, 1.807) is 30.3 Å². The minimum absolute atomic E-state index is 0.145. The van der Waals surface area contributed by atoms with E-state index in [1.807, 2.05) is 30.3 Å². The van der Waals surface area contributed by atoms with Gasteiger partial charge < -0.3 is 14.8 Å². The second-order valence-corrected chi connectivity index (χ2v) is 6.51. The first-order valence-electron chi connectivity index (χ1n) is 8.49. The molecule has 3 aromatic carbocycles. The van der Waals surface area contributed by atoms with Crippen molar-refractivity contribution in [3.63, 3.8) is 0 Å². The van der Waals surface area contributed by atoms with Gasteiger partial charge in [-0.1, -0.05) is 35.9 Å². The summed E-state index contributed by atoms with van der Waals surface area (Å²) >= 11 is 6.28. The van der Waals surface area contributed by atoms with Gasteiger partial charge in [-0.05, 0) is 48.5 Å². The number of phenolic OH excluding ortho intramolecular Hbond substituents is 1. The molecular formula is C21H15ClFN3O2. The summed E-state index contributed by atoms with van der Waals surface area (Å²) in [5.41, 5.74) is 2.07. The van der Waals surface area contributed by atoms with E-state index in [-0.39, 0.29) is 16.7 Å². The van der Waals surface area contributed by atoms with Crippen LogP contribution in [0, 0.1) is 5.82 Å². The Morgan fingerprint density at radius 2 is 1.71 bits per heavy atom. The maximum Gasteiger partial charge on any atom is 0.247 e. The SMILES string of the molecule is Oc1ccc(N[C@@H](c2nnc(-c3ccccc3)o2)c2ccc(F)cc2Cl)cc1. The van der Waals surface area contributed by atoms with Gasteiger partial charge in [-0.3, -0.25) is 0 Å². The Bertz CT molecular complexity index is 1080. The summed E-state index contributed by atoms with van der Waals surface area (Å²) in [6.07, 6.45) is 0. The van der Waals surface area contributed by atoms with Crippen LogP contribution in [-0.2, 0) is 0 Å². The summed E-state index contributed by atoms with van der Waals surface area (Å²) in [6, 6.07) is 19.4. The zero-order valence-corrected chi connectivity index (χ0v) is 15.3. The molecule has 4 rings (SSSR count). The van der Waals surface area contributed by atoms with Crippen molar-refractivity contribution in [1.82, 2.24) is 10.2 Å². The molecule has 2 N–H and O–H groups in total. The van der Waals surface area contributed by atoms with E-state index in [4.69, 9.17) is 16.0 Å². The highest BCUT2D eigenvalue weighted by molar-refractivity contribution is 6.31. The topological polar surface area (TPSA) is 71.2 Å². The van der Waals surface area contributed by atoms with Crippen LogP contribution in [-0.4, -0.2) is 15.3 Å². The minimum atomic E-state index is -0.609. The smallest absolute Gasteiger partial charge is 0.247 e. The number of nitrogens with zero attached hydrogens (tertiary/aromatic N) is 2. The largest absolute Gasteiger partial charge is 0.508 e. The molecule has 0 radical (unpaired) electrons. The van der Waals surface area contributed by atoms with Crippen LogP contribution in [0.25, 0.3) is 11.5 Å². The van der Waals surface area contributed by atoms with Crippen molar-refractivity contribution < 1.29 is 13.9 Å². The highest BCUT2D eigenvalue weighted by atomic mass is 35.5. The third-order valence-electron chi connectivity index (χ3n) is 4.16. The second kappa shape index (κ2) is 7.70. The standard InChI is InChI=1S/C21H15ClFN3O2/c22-18-12-14(23)6-11-17(18)19(24-15-7-9-16(27)10-8-15)21-26-25-20(28-21)13-4-2-1-3-5-13/h1-12,19,24,27H/t19-/m1/s1. The molecule has 5 nitrogen and oxygen atoms in total. The van der Waals surface area contributed by atoms with Crippen LogP contribution in [0.5, 0.6) is 5.75 Å². The van der Waals surface area contributed by atoms with Gasteiger partial charge in [0.25, 0.3) is 0 Å². The minimum Gasteiger partial charge on any atom is -0.508 e. The first-order valence-corrected chi connectivity index (χ1v) is 8.87. The summed E-state index contributed by atoms with van der Waals surface area (Å²) in [7, 11) is 0. The quantitative estimate of drug-likeness (QED) is 0.440. The zero-order valence-electron chi connectivity index (χ0n) is 14.5. The Morgan fingerprint density at radius 3 is 2.43 bits per heavy atom. The van der Waals surface area contributed by atoms with Gasteiger partial charge in [-0.15, -0.1) is 10.2 Å². The van der Waals surface area contributed by atoms with E-state index in [2.05, 4.69) is 15.5 Å². The molecule has 28 heavy (non-hydrogen) atoms. The number of benzene rings is 3. The lowest BCUT2D eigenvalue weighted by atomic mass is 10.1. The Hall–Kier alpha value is -3.38. The van der Waals surface area contributed by atoms with Crippen molar-refractivity contribution in [2.75, 3.05) is 5.32 Å². The van der Waals surface area contributed by atoms with Gasteiger partial charge in [0.15, 0.2) is 0 Å². The predicted molar refractivity (Wildman–Crippen MR) is 105 cm³/mol. The summed E-state index contributed by atoms with van der Waals surface area (Å²) in [6.45, 7) is 0. The van der Waals surface area contributed by atoms with Crippen molar-refractivity contribution in [3.05, 3.63) is 95.1 Å². The monoisotopic (exact) mass is 395 g/mol. The zero-order chi connectivity index (χ0) is 19.5. The molecule has 0 fully saturated rings. The Morgan fingerprint density at radius 1 is 0.964 bits per heavy atom. The third kappa shape index (κ3) is 3.82. The Labute approximate surface area is 165 Å². The van der Waals surface area contributed by atoms with Gasteiger partial charge in [0, 0.05) is 21.8 Å². The normalized spacial score (nSPS) is 11.9. The average Bonchev–Trinajstić information content (AvgIpc) is 3.19. The van der Waals surface area contributed by atoms with Crippen molar-refractivity contribution in [3.8, 4) is 17.2 Å². The molecule has 0 unspecified atom stereocenters. The maximum atomic E-state index is 13.5. The van der Waals surface area contributed by atoms with Gasteiger partial charge in [-0.25, -0.2) is 4.39 Å². The molecule has 0 amide bonds. The first kappa shape index (κ1) is 18.0. The van der Waals surface area contributed by atoms with E-state index in [0.717, 1.165) is 5.56 Å². The summed E-state index contributed by atoms with van der Waals surface area (Å²) in [5, 5.41) is 21.3. The van der Waals surface area contributed by atoms with E-state index in [9.17, 15) is 9.50 Å². The molecule has 140 valence electrons. The molecule has 1 atom stereocenters. The molecular weight excluding hydrogens is 381 g/mol. The van der Waals surface area contributed by atoms with Crippen LogP contribution < -0.4 is 5.32 Å². The molecule has 0 aliphatic carbocycles. The number of hydrogen-bond acceptors (Lipinski definition) is 5. The number of anilines is 1. The van der Waals surface area contributed by atoms with E-state index < -0.39 is 11.9 Å². The molecule has 4 aromatic rings. The van der Waals surface area contributed by atoms with Crippen molar-refractivity contribution in [1.29, 1.82) is 0 Å². The number of hydrogen-bond donors (Lipinski definition) is 2. The van der Waals surface area contributed by atoms with Crippen LogP contribution in [0.1, 0.15) is 17.5 Å². The number of halogens is 2. The van der Waals surface area contributed by atoms with Gasteiger partial charge in [0.05, 0.1) is 0 Å². The van der Waals surface area contributed by atoms with E-state index >= 15 is 0 Å². The Balaban J connectivity index is 1.74. The molecule has 0 saturated heterocycles. The highest BCUT2D eigenvalue weighted by Gasteiger charge is 2.24. The fourth-order valence-corrected chi connectivity index (χ4v) is 3.06. The van der Waals surface area contributed by atoms with E-state index in [0.29, 0.717) is 17.1 Å². The molecule has 0 saturated carbocycles. The molecule has 1 heterocycles. The fraction of sp³-hybridized carbons (Fsp3) is 0.0476. The van der Waals surface area contributed by atoms with Gasteiger partial charge in [0.2, 0.25) is 11.8 Å². The lowest BCUT2D eigenvalue weighted by Gasteiger charge is -2.18. The number of nitrogens with one attached hydrogen (secondary N) is 1. The van der Waals surface area contributed by atoms with Crippen LogP contribution in [0.3, 0.4) is 0 Å². The Kier molecular flexibility index (Phi) is 4.95. The van der Waals surface area contributed by atoms with Crippen LogP contribution >= 0.6 is 11.6 Å². The lowest BCUT2D eigenvalue weighted by Crippen LogP contribution is -2.13. The number of aromatic hydroxyl groups is 1. The first-order chi connectivity index (χ1) is 13.6. The second-order valence-electron chi connectivity index (χ2n) is 6.10. The number of phenols is 1. The number of rotatable bonds is 5. The fourth-order valence-electron chi connectivity index (χ4n) is 2.78. The van der Waals surface area contributed by atoms with E-state index in [1.165, 1.54) is 12.1 Å². The maximum absolute atomic E-state index is 13.5. The molecule has 1 aromatic heterocycles. The van der Waals surface area contributed by atoms with Crippen LogP contribution in [0.4, 0.5) is 10.1 Å². The molecule has 0 spiro atoms. The van der Waals surface area contributed by atoms with Gasteiger partial charge in [0.1, 0.15) is 17.6 Å². The average molecular weight is 396 g/mol. The lowest BCUT2D eigenvalue weighted by molar-refractivity contribution is 0.475. The van der Waals surface area contributed by atoms with Crippen molar-refractivity contribution in [2.45, 2.75) is 6.04 Å². The summed E-state index contributed by atoms with van der Waals surface area (Å²) in [5.74, 6) is 0.352. The molecule has 0 bridgehead atoms. The number of aromatic nitrogens is 2. The molecule has 7 heteroatoms. The molecule has 0 aliphatic rings. The van der Waals surface area contributed by atoms with Crippen molar-refractivity contribution in [2.24, 2.45) is 0 Å². The van der Waals surface area contributed by atoms with Crippen molar-refractivity contribution >= 4 is 17.3 Å². The summed E-state index contributed by atoms with van der Waals surface area (Å²) < 4.78 is 19.4. The predicted octanol–water partition coefficient (Wildman–Crippen LogP) is 5.44.